The second kappa shape index (κ2) is 7.20. The molecule has 2 atom stereocenters. The first-order valence-electron chi connectivity index (χ1n) is 10.6. The second-order valence-electron chi connectivity index (χ2n) is 8.51. The van der Waals surface area contributed by atoms with Crippen LogP contribution in [0.25, 0.3) is 0 Å². The molecule has 146 valence electrons. The SMILES string of the molecule is O=C1N(CCCN2CCCCC2)c2ccccc2C12CC2c1ccc(Cl)cc1. The molecule has 5 rings (SSSR count). The molecule has 0 N–H and O–H groups in total. The van der Waals surface area contributed by atoms with Crippen molar-refractivity contribution in [1.29, 1.82) is 0 Å². The zero-order chi connectivity index (χ0) is 19.1. The molecule has 0 aromatic heterocycles. The number of fused-ring (bicyclic) bond motifs is 2. The monoisotopic (exact) mass is 394 g/mol. The van der Waals surface area contributed by atoms with E-state index in [-0.39, 0.29) is 11.3 Å². The number of carbonyl (C=O) groups excluding carboxylic acids is 1. The number of halogens is 1. The van der Waals surface area contributed by atoms with Crippen molar-refractivity contribution in [2.24, 2.45) is 0 Å². The van der Waals surface area contributed by atoms with E-state index in [1.807, 2.05) is 12.1 Å². The molecule has 2 aliphatic heterocycles. The maximum atomic E-state index is 13.6. The third kappa shape index (κ3) is 2.96. The number of carbonyl (C=O) groups is 1. The van der Waals surface area contributed by atoms with E-state index in [1.165, 1.54) is 43.5 Å². The molecule has 3 aliphatic rings. The van der Waals surface area contributed by atoms with Crippen molar-refractivity contribution in [3.8, 4) is 0 Å². The molecule has 1 saturated heterocycles. The smallest absolute Gasteiger partial charge is 0.238 e. The minimum Gasteiger partial charge on any atom is -0.311 e. The fraction of sp³-hybridized carbons (Fsp3) is 0.458. The number of piperidine rings is 1. The molecule has 28 heavy (non-hydrogen) atoms. The third-order valence-corrected chi connectivity index (χ3v) is 7.09. The topological polar surface area (TPSA) is 23.6 Å². The molecular weight excluding hydrogens is 368 g/mol. The highest BCUT2D eigenvalue weighted by Crippen LogP contribution is 2.66. The van der Waals surface area contributed by atoms with E-state index in [1.54, 1.807) is 0 Å². The average Bonchev–Trinajstić information content (AvgIpc) is 3.44. The lowest BCUT2D eigenvalue weighted by atomic mass is 9.92. The normalized spacial score (nSPS) is 26.7. The second-order valence-corrected chi connectivity index (χ2v) is 8.95. The summed E-state index contributed by atoms with van der Waals surface area (Å²) in [6.45, 7) is 4.35. The Balaban J connectivity index is 1.35. The van der Waals surface area contributed by atoms with E-state index < -0.39 is 0 Å². The lowest BCUT2D eigenvalue weighted by Gasteiger charge is -2.27. The highest BCUT2D eigenvalue weighted by molar-refractivity contribution is 6.30. The van der Waals surface area contributed by atoms with Gasteiger partial charge in [-0.25, -0.2) is 0 Å². The van der Waals surface area contributed by atoms with Gasteiger partial charge in [0.05, 0.1) is 5.41 Å². The Hall–Kier alpha value is -1.84. The van der Waals surface area contributed by atoms with Gasteiger partial charge in [-0.15, -0.1) is 0 Å². The van der Waals surface area contributed by atoms with E-state index in [0.29, 0.717) is 5.91 Å². The summed E-state index contributed by atoms with van der Waals surface area (Å²) in [5, 5.41) is 0.746. The highest BCUT2D eigenvalue weighted by Gasteiger charge is 2.66. The molecule has 0 radical (unpaired) electrons. The van der Waals surface area contributed by atoms with Gasteiger partial charge >= 0.3 is 0 Å². The number of hydrogen-bond donors (Lipinski definition) is 0. The molecule has 2 fully saturated rings. The van der Waals surface area contributed by atoms with Crippen LogP contribution < -0.4 is 4.90 Å². The van der Waals surface area contributed by atoms with Gasteiger partial charge in [-0.2, -0.15) is 0 Å². The van der Waals surface area contributed by atoms with Crippen LogP contribution in [0.15, 0.2) is 48.5 Å². The van der Waals surface area contributed by atoms with E-state index >= 15 is 0 Å². The predicted molar refractivity (Wildman–Crippen MR) is 114 cm³/mol. The van der Waals surface area contributed by atoms with E-state index in [0.717, 1.165) is 36.6 Å². The van der Waals surface area contributed by atoms with Crippen molar-refractivity contribution in [1.82, 2.24) is 4.90 Å². The predicted octanol–water partition coefficient (Wildman–Crippen LogP) is 4.99. The Labute approximate surface area is 172 Å². The Kier molecular flexibility index (Phi) is 4.68. The molecule has 3 nitrogen and oxygen atoms in total. The number of para-hydroxylation sites is 1. The van der Waals surface area contributed by atoms with Crippen LogP contribution in [0.3, 0.4) is 0 Å². The van der Waals surface area contributed by atoms with Crippen molar-refractivity contribution in [2.45, 2.75) is 43.4 Å². The number of amides is 1. The summed E-state index contributed by atoms with van der Waals surface area (Å²) in [6, 6.07) is 16.4. The minimum absolute atomic E-state index is 0.269. The Morgan fingerprint density at radius 1 is 0.964 bits per heavy atom. The fourth-order valence-corrected chi connectivity index (χ4v) is 5.43. The zero-order valence-electron chi connectivity index (χ0n) is 16.2. The molecule has 1 amide bonds. The first-order chi connectivity index (χ1) is 13.7. The first kappa shape index (κ1) is 18.2. The van der Waals surface area contributed by atoms with Gasteiger partial charge in [0.2, 0.25) is 5.91 Å². The number of benzene rings is 2. The summed E-state index contributed by atoms with van der Waals surface area (Å²) in [4.78, 5) is 18.2. The maximum Gasteiger partial charge on any atom is 0.238 e. The van der Waals surface area contributed by atoms with Crippen LogP contribution >= 0.6 is 11.6 Å². The number of hydrogen-bond acceptors (Lipinski definition) is 2. The van der Waals surface area contributed by atoms with E-state index in [4.69, 9.17) is 11.6 Å². The quantitative estimate of drug-likeness (QED) is 0.713. The molecule has 2 aromatic carbocycles. The summed E-state index contributed by atoms with van der Waals surface area (Å²) in [5.74, 6) is 0.567. The van der Waals surface area contributed by atoms with Crippen LogP contribution in [-0.4, -0.2) is 37.0 Å². The van der Waals surface area contributed by atoms with Gasteiger partial charge in [-0.1, -0.05) is 48.4 Å². The first-order valence-corrected chi connectivity index (χ1v) is 11.0. The van der Waals surface area contributed by atoms with Gasteiger partial charge in [0, 0.05) is 23.2 Å². The molecular formula is C24H27ClN2O. The average molecular weight is 395 g/mol. The lowest BCUT2D eigenvalue weighted by molar-refractivity contribution is -0.120. The van der Waals surface area contributed by atoms with Crippen molar-refractivity contribution in [2.75, 3.05) is 31.1 Å². The Bertz CT molecular complexity index is 874. The minimum atomic E-state index is -0.352. The Morgan fingerprint density at radius 3 is 2.50 bits per heavy atom. The summed E-state index contributed by atoms with van der Waals surface area (Å²) in [5.41, 5.74) is 3.22. The van der Waals surface area contributed by atoms with Crippen LogP contribution in [0, 0.1) is 0 Å². The molecule has 1 spiro atoms. The van der Waals surface area contributed by atoms with Gasteiger partial charge in [-0.05, 0) is 74.6 Å². The molecule has 1 aliphatic carbocycles. The molecule has 0 bridgehead atoms. The number of likely N-dealkylation sites (tertiary alicyclic amines) is 1. The number of nitrogens with zero attached hydrogens (tertiary/aromatic N) is 2. The molecule has 1 saturated carbocycles. The summed E-state index contributed by atoms with van der Waals surface area (Å²) in [7, 11) is 0. The van der Waals surface area contributed by atoms with Crippen molar-refractivity contribution in [3.63, 3.8) is 0 Å². The number of rotatable bonds is 5. The van der Waals surface area contributed by atoms with Gasteiger partial charge in [0.25, 0.3) is 0 Å². The number of anilines is 1. The van der Waals surface area contributed by atoms with Gasteiger partial charge in [-0.3, -0.25) is 4.79 Å². The van der Waals surface area contributed by atoms with Crippen LogP contribution in [-0.2, 0) is 10.2 Å². The van der Waals surface area contributed by atoms with Gasteiger partial charge < -0.3 is 9.80 Å². The fourth-order valence-electron chi connectivity index (χ4n) is 5.30. The van der Waals surface area contributed by atoms with Crippen molar-refractivity contribution < 1.29 is 4.79 Å². The summed E-state index contributed by atoms with van der Waals surface area (Å²) < 4.78 is 0. The molecule has 2 aromatic rings. The molecule has 4 heteroatoms. The van der Waals surface area contributed by atoms with E-state index in [2.05, 4.69) is 46.2 Å². The van der Waals surface area contributed by atoms with Crippen LogP contribution in [0.4, 0.5) is 5.69 Å². The maximum absolute atomic E-state index is 13.6. The van der Waals surface area contributed by atoms with Gasteiger partial charge in [0.15, 0.2) is 0 Å². The van der Waals surface area contributed by atoms with Gasteiger partial charge in [0.1, 0.15) is 0 Å². The Morgan fingerprint density at radius 2 is 1.71 bits per heavy atom. The lowest BCUT2D eigenvalue weighted by Crippen LogP contribution is -2.36. The van der Waals surface area contributed by atoms with Crippen molar-refractivity contribution >= 4 is 23.2 Å². The summed E-state index contributed by atoms with van der Waals surface area (Å²) >= 11 is 6.06. The van der Waals surface area contributed by atoms with Crippen molar-refractivity contribution in [3.05, 3.63) is 64.7 Å². The highest BCUT2D eigenvalue weighted by atomic mass is 35.5. The standard InChI is InChI=1S/C24H27ClN2O/c25-19-11-9-18(10-12-19)21-17-24(21)20-7-2-3-8-22(20)27(23(24)28)16-6-15-26-13-4-1-5-14-26/h2-3,7-12,21H,1,4-6,13-17H2. The summed E-state index contributed by atoms with van der Waals surface area (Å²) in [6.07, 6.45) is 5.95. The zero-order valence-corrected chi connectivity index (χ0v) is 17.0. The molecule has 2 heterocycles. The largest absolute Gasteiger partial charge is 0.311 e. The molecule has 2 unspecified atom stereocenters. The van der Waals surface area contributed by atoms with Crippen LogP contribution in [0.5, 0.6) is 0 Å². The van der Waals surface area contributed by atoms with Crippen LogP contribution in [0.2, 0.25) is 5.02 Å². The third-order valence-electron chi connectivity index (χ3n) is 6.84. The van der Waals surface area contributed by atoms with E-state index in [9.17, 15) is 4.79 Å². The van der Waals surface area contributed by atoms with Crippen LogP contribution in [0.1, 0.15) is 49.1 Å².